The van der Waals surface area contributed by atoms with E-state index in [2.05, 4.69) is 21.2 Å². The molecule has 2 rings (SSSR count). The van der Waals surface area contributed by atoms with Gasteiger partial charge in [0, 0.05) is 17.1 Å². The second-order valence-electron chi connectivity index (χ2n) is 7.50. The van der Waals surface area contributed by atoms with Gasteiger partial charge in [-0.1, -0.05) is 59.6 Å². The van der Waals surface area contributed by atoms with Gasteiger partial charge in [-0.05, 0) is 56.5 Å². The average molecular weight is 475 g/mol. The van der Waals surface area contributed by atoms with Crippen LogP contribution in [0.2, 0.25) is 0 Å². The number of aryl methyl sites for hydroxylation is 1. The summed E-state index contributed by atoms with van der Waals surface area (Å²) < 4.78 is 6.64. The normalized spacial score (nSPS) is 12.7. The lowest BCUT2D eigenvalue weighted by atomic mass is 10.1. The molecule has 0 fully saturated rings. The number of nitrogens with zero attached hydrogens (tertiary/aromatic N) is 1. The number of ether oxygens (including phenoxy) is 1. The zero-order valence-electron chi connectivity index (χ0n) is 18.2. The van der Waals surface area contributed by atoms with Crippen LogP contribution in [0.15, 0.2) is 53.0 Å². The SMILES string of the molecule is CC[C@@H](C)NC(=O)[C@@H](CC)N(Cc1cccc(C)c1)C(=O)COc1ccc(Br)cc1. The van der Waals surface area contributed by atoms with Gasteiger partial charge < -0.3 is 15.0 Å². The first-order valence-electron chi connectivity index (χ1n) is 10.4. The number of hydrogen-bond acceptors (Lipinski definition) is 3. The Morgan fingerprint density at radius 2 is 1.80 bits per heavy atom. The summed E-state index contributed by atoms with van der Waals surface area (Å²) in [7, 11) is 0. The molecule has 5 nitrogen and oxygen atoms in total. The van der Waals surface area contributed by atoms with Gasteiger partial charge in [0.25, 0.3) is 5.91 Å². The Balaban J connectivity index is 2.20. The molecule has 2 aromatic carbocycles. The Hall–Kier alpha value is -2.34. The summed E-state index contributed by atoms with van der Waals surface area (Å²) in [4.78, 5) is 27.7. The molecule has 0 spiro atoms. The lowest BCUT2D eigenvalue weighted by Crippen LogP contribution is -2.51. The van der Waals surface area contributed by atoms with Crippen LogP contribution in [0.5, 0.6) is 5.75 Å². The predicted octanol–water partition coefficient (Wildman–Crippen LogP) is 4.86. The number of amides is 2. The molecule has 6 heteroatoms. The molecule has 2 amide bonds. The second-order valence-corrected chi connectivity index (χ2v) is 8.41. The van der Waals surface area contributed by atoms with Crippen LogP contribution in [-0.2, 0) is 16.1 Å². The molecule has 0 aliphatic rings. The van der Waals surface area contributed by atoms with Crippen LogP contribution in [0.25, 0.3) is 0 Å². The maximum atomic E-state index is 13.1. The van der Waals surface area contributed by atoms with Crippen LogP contribution in [0, 0.1) is 6.92 Å². The van der Waals surface area contributed by atoms with Crippen molar-refractivity contribution in [1.82, 2.24) is 10.2 Å². The summed E-state index contributed by atoms with van der Waals surface area (Å²) in [6.07, 6.45) is 1.36. The average Bonchev–Trinajstić information content (AvgIpc) is 2.72. The minimum absolute atomic E-state index is 0.0569. The number of hydrogen-bond donors (Lipinski definition) is 1. The van der Waals surface area contributed by atoms with Crippen molar-refractivity contribution in [2.24, 2.45) is 0 Å². The molecule has 0 aromatic heterocycles. The molecule has 0 radical (unpaired) electrons. The van der Waals surface area contributed by atoms with E-state index in [1.165, 1.54) is 0 Å². The number of rotatable bonds is 10. The van der Waals surface area contributed by atoms with Crippen LogP contribution in [0.1, 0.15) is 44.7 Å². The molecule has 30 heavy (non-hydrogen) atoms. The Kier molecular flexibility index (Phi) is 9.37. The Bertz CT molecular complexity index is 839. The highest BCUT2D eigenvalue weighted by atomic mass is 79.9. The molecule has 2 atom stereocenters. The third-order valence-electron chi connectivity index (χ3n) is 5.00. The van der Waals surface area contributed by atoms with Crippen molar-refractivity contribution in [3.8, 4) is 5.75 Å². The van der Waals surface area contributed by atoms with Crippen molar-refractivity contribution in [2.45, 2.75) is 59.2 Å². The van der Waals surface area contributed by atoms with Crippen molar-refractivity contribution in [2.75, 3.05) is 6.61 Å². The Morgan fingerprint density at radius 3 is 2.40 bits per heavy atom. The zero-order valence-corrected chi connectivity index (χ0v) is 19.7. The molecule has 2 aromatic rings. The van der Waals surface area contributed by atoms with E-state index in [-0.39, 0.29) is 24.5 Å². The maximum absolute atomic E-state index is 13.1. The molecule has 0 bridgehead atoms. The molecule has 0 heterocycles. The fourth-order valence-electron chi connectivity index (χ4n) is 3.13. The molecule has 1 N–H and O–H groups in total. The highest BCUT2D eigenvalue weighted by Gasteiger charge is 2.29. The maximum Gasteiger partial charge on any atom is 0.261 e. The molecule has 0 aliphatic carbocycles. The van der Waals surface area contributed by atoms with E-state index in [9.17, 15) is 9.59 Å². The predicted molar refractivity (Wildman–Crippen MR) is 123 cm³/mol. The zero-order chi connectivity index (χ0) is 22.1. The first-order valence-corrected chi connectivity index (χ1v) is 11.2. The van der Waals surface area contributed by atoms with Gasteiger partial charge in [-0.3, -0.25) is 9.59 Å². The van der Waals surface area contributed by atoms with Gasteiger partial charge in [-0.2, -0.15) is 0 Å². The van der Waals surface area contributed by atoms with Crippen LogP contribution in [0.4, 0.5) is 0 Å². The highest BCUT2D eigenvalue weighted by molar-refractivity contribution is 9.10. The molecule has 0 unspecified atom stereocenters. The summed E-state index contributed by atoms with van der Waals surface area (Å²) in [5.41, 5.74) is 2.10. The summed E-state index contributed by atoms with van der Waals surface area (Å²) >= 11 is 3.39. The van der Waals surface area contributed by atoms with Gasteiger partial charge in [-0.15, -0.1) is 0 Å². The minimum Gasteiger partial charge on any atom is -0.484 e. The van der Waals surface area contributed by atoms with Gasteiger partial charge in [0.15, 0.2) is 6.61 Å². The number of nitrogens with one attached hydrogen (secondary N) is 1. The van der Waals surface area contributed by atoms with E-state index in [4.69, 9.17) is 4.74 Å². The van der Waals surface area contributed by atoms with Crippen molar-refractivity contribution < 1.29 is 14.3 Å². The van der Waals surface area contributed by atoms with Crippen LogP contribution in [-0.4, -0.2) is 35.4 Å². The third kappa shape index (κ3) is 7.17. The summed E-state index contributed by atoms with van der Waals surface area (Å²) in [6, 6.07) is 14.8. The number of halogens is 1. The first-order chi connectivity index (χ1) is 14.3. The fraction of sp³-hybridized carbons (Fsp3) is 0.417. The quantitative estimate of drug-likeness (QED) is 0.534. The van der Waals surface area contributed by atoms with Crippen LogP contribution >= 0.6 is 15.9 Å². The Morgan fingerprint density at radius 1 is 1.10 bits per heavy atom. The monoisotopic (exact) mass is 474 g/mol. The van der Waals surface area contributed by atoms with E-state index < -0.39 is 6.04 Å². The topological polar surface area (TPSA) is 58.6 Å². The van der Waals surface area contributed by atoms with Gasteiger partial charge in [0.2, 0.25) is 5.91 Å². The molecule has 0 aliphatic heterocycles. The van der Waals surface area contributed by atoms with Crippen molar-refractivity contribution in [3.05, 3.63) is 64.1 Å². The molecular formula is C24H31BrN2O3. The second kappa shape index (κ2) is 11.7. The Labute approximate surface area is 187 Å². The molecule has 0 saturated heterocycles. The number of carbonyl (C=O) groups excluding carboxylic acids is 2. The molecular weight excluding hydrogens is 444 g/mol. The summed E-state index contributed by atoms with van der Waals surface area (Å²) in [5.74, 6) is 0.265. The van der Waals surface area contributed by atoms with Gasteiger partial charge in [0.1, 0.15) is 11.8 Å². The fourth-order valence-corrected chi connectivity index (χ4v) is 3.39. The smallest absolute Gasteiger partial charge is 0.261 e. The largest absolute Gasteiger partial charge is 0.484 e. The van der Waals surface area contributed by atoms with Gasteiger partial charge >= 0.3 is 0 Å². The van der Waals surface area contributed by atoms with Crippen molar-refractivity contribution in [3.63, 3.8) is 0 Å². The van der Waals surface area contributed by atoms with E-state index in [0.29, 0.717) is 18.7 Å². The van der Waals surface area contributed by atoms with Gasteiger partial charge in [0.05, 0.1) is 0 Å². The summed E-state index contributed by atoms with van der Waals surface area (Å²) in [5, 5.41) is 3.01. The van der Waals surface area contributed by atoms with Crippen LogP contribution < -0.4 is 10.1 Å². The lowest BCUT2D eigenvalue weighted by molar-refractivity contribution is -0.143. The summed E-state index contributed by atoms with van der Waals surface area (Å²) in [6.45, 7) is 8.16. The standard InChI is InChI=1S/C24H31BrN2O3/c1-5-18(4)26-24(29)22(6-2)27(15-19-9-7-8-17(3)14-19)23(28)16-30-21-12-10-20(25)11-13-21/h7-14,18,22H,5-6,15-16H2,1-4H3,(H,26,29)/t18-,22-/m1/s1. The van der Waals surface area contributed by atoms with E-state index in [0.717, 1.165) is 22.0 Å². The van der Waals surface area contributed by atoms with E-state index in [1.54, 1.807) is 17.0 Å². The van der Waals surface area contributed by atoms with Crippen molar-refractivity contribution in [1.29, 1.82) is 0 Å². The van der Waals surface area contributed by atoms with Crippen LogP contribution in [0.3, 0.4) is 0 Å². The third-order valence-corrected chi connectivity index (χ3v) is 5.53. The first kappa shape index (κ1) is 23.9. The molecule has 0 saturated carbocycles. The lowest BCUT2D eigenvalue weighted by Gasteiger charge is -2.31. The van der Waals surface area contributed by atoms with Gasteiger partial charge in [-0.25, -0.2) is 0 Å². The van der Waals surface area contributed by atoms with E-state index in [1.807, 2.05) is 64.1 Å². The van der Waals surface area contributed by atoms with E-state index >= 15 is 0 Å². The van der Waals surface area contributed by atoms with Crippen molar-refractivity contribution >= 4 is 27.7 Å². The minimum atomic E-state index is -0.555. The number of benzene rings is 2. The number of carbonyl (C=O) groups is 2. The highest BCUT2D eigenvalue weighted by Crippen LogP contribution is 2.18. The molecule has 162 valence electrons.